The first-order chi connectivity index (χ1) is 19.7. The van der Waals surface area contributed by atoms with Crippen LogP contribution in [0.2, 0.25) is 0 Å². The molecule has 0 saturated heterocycles. The van der Waals surface area contributed by atoms with E-state index < -0.39 is 0 Å². The average Bonchev–Trinajstić information content (AvgIpc) is 3.74. The molecule has 0 spiro atoms. The molecular formula is C35H24N4O. The van der Waals surface area contributed by atoms with Gasteiger partial charge in [-0.15, -0.1) is 0 Å². The number of hydrogen-bond donors (Lipinski definition) is 0. The van der Waals surface area contributed by atoms with E-state index in [1.807, 2.05) is 30.5 Å². The van der Waals surface area contributed by atoms with E-state index in [0.717, 1.165) is 56.0 Å². The van der Waals surface area contributed by atoms with Crippen LogP contribution in [0.5, 0.6) is 0 Å². The first-order valence-electron chi connectivity index (χ1n) is 13.3. The summed E-state index contributed by atoms with van der Waals surface area (Å²) in [6.07, 6.45) is 5.30. The van der Waals surface area contributed by atoms with Crippen molar-refractivity contribution in [3.05, 3.63) is 128 Å². The Hall–Kier alpha value is -5.42. The minimum absolute atomic E-state index is 0.931. The number of fused-ring (bicyclic) bond motifs is 4. The first kappa shape index (κ1) is 22.6. The fourth-order valence-corrected chi connectivity index (χ4v) is 5.79. The van der Waals surface area contributed by atoms with E-state index in [2.05, 4.69) is 106 Å². The highest BCUT2D eigenvalue weighted by atomic mass is 16.3. The number of nitrogens with zero attached hydrogens (tertiary/aromatic N) is 4. The Balaban J connectivity index is 1.33. The van der Waals surface area contributed by atoms with Gasteiger partial charge < -0.3 is 13.6 Å². The molecule has 8 aromatic rings. The summed E-state index contributed by atoms with van der Waals surface area (Å²) < 4.78 is 9.81. The zero-order chi connectivity index (χ0) is 26.6. The first-order valence-corrected chi connectivity index (χ1v) is 13.3. The Kier molecular flexibility index (Phi) is 4.97. The van der Waals surface area contributed by atoms with Crippen LogP contribution >= 0.6 is 0 Å². The van der Waals surface area contributed by atoms with Gasteiger partial charge in [0.15, 0.2) is 0 Å². The number of para-hydroxylation sites is 1. The van der Waals surface area contributed by atoms with E-state index in [9.17, 15) is 0 Å². The monoisotopic (exact) mass is 516 g/mol. The van der Waals surface area contributed by atoms with Crippen LogP contribution in [0.15, 0.2) is 132 Å². The van der Waals surface area contributed by atoms with Crippen LogP contribution in [0.4, 0.5) is 0 Å². The molecule has 0 bridgehead atoms. The maximum absolute atomic E-state index is 5.29. The number of rotatable bonds is 4. The van der Waals surface area contributed by atoms with Crippen LogP contribution in [-0.4, -0.2) is 19.1 Å². The van der Waals surface area contributed by atoms with Crippen molar-refractivity contribution in [2.24, 2.45) is 7.05 Å². The summed E-state index contributed by atoms with van der Waals surface area (Å²) in [5.74, 6) is 0.931. The van der Waals surface area contributed by atoms with Gasteiger partial charge in [0.05, 0.1) is 40.3 Å². The quantitative estimate of drug-likeness (QED) is 0.235. The fourth-order valence-electron chi connectivity index (χ4n) is 5.79. The smallest absolute Gasteiger partial charge is 0.140 e. The molecule has 0 amide bonds. The highest BCUT2D eigenvalue weighted by molar-refractivity contribution is 6.10. The molecule has 4 heterocycles. The van der Waals surface area contributed by atoms with Gasteiger partial charge in [-0.3, -0.25) is 4.98 Å². The molecule has 8 rings (SSSR count). The summed E-state index contributed by atoms with van der Waals surface area (Å²) in [7, 11) is 2.08. The third-order valence-electron chi connectivity index (χ3n) is 7.73. The third kappa shape index (κ3) is 3.48. The Morgan fingerprint density at radius 1 is 0.625 bits per heavy atom. The van der Waals surface area contributed by atoms with Crippen LogP contribution < -0.4 is 0 Å². The summed E-state index contributed by atoms with van der Waals surface area (Å²) in [4.78, 5) is 9.66. The summed E-state index contributed by atoms with van der Waals surface area (Å²) >= 11 is 0. The molecule has 0 fully saturated rings. The second-order valence-electron chi connectivity index (χ2n) is 10.1. The van der Waals surface area contributed by atoms with E-state index in [4.69, 9.17) is 9.40 Å². The van der Waals surface area contributed by atoms with Crippen molar-refractivity contribution in [1.29, 1.82) is 0 Å². The summed E-state index contributed by atoms with van der Waals surface area (Å²) in [5.41, 5.74) is 10.7. The summed E-state index contributed by atoms with van der Waals surface area (Å²) in [6, 6.07) is 38.2. The summed E-state index contributed by atoms with van der Waals surface area (Å²) in [5, 5.41) is 2.44. The lowest BCUT2D eigenvalue weighted by atomic mass is 10.1. The predicted octanol–water partition coefficient (Wildman–Crippen LogP) is 8.66. The average molecular weight is 517 g/mol. The van der Waals surface area contributed by atoms with Crippen molar-refractivity contribution in [3.8, 4) is 39.5 Å². The van der Waals surface area contributed by atoms with Crippen LogP contribution in [0.1, 0.15) is 0 Å². The Labute approximate surface area is 230 Å². The maximum atomic E-state index is 5.29. The Bertz CT molecular complexity index is 2170. The largest absolute Gasteiger partial charge is 0.472 e. The molecule has 0 radical (unpaired) electrons. The Morgan fingerprint density at radius 2 is 1.50 bits per heavy atom. The van der Waals surface area contributed by atoms with Gasteiger partial charge in [-0.1, -0.05) is 54.6 Å². The number of hydrogen-bond acceptors (Lipinski definition) is 3. The fraction of sp³-hybridized carbons (Fsp3) is 0.0286. The molecule has 0 N–H and O–H groups in total. The lowest BCUT2D eigenvalue weighted by Crippen LogP contribution is -1.96. The second kappa shape index (κ2) is 8.82. The number of furan rings is 1. The lowest BCUT2D eigenvalue weighted by Gasteiger charge is -2.11. The van der Waals surface area contributed by atoms with E-state index >= 15 is 0 Å². The maximum Gasteiger partial charge on any atom is 0.140 e. The number of benzene rings is 4. The molecule has 190 valence electrons. The molecule has 0 atom stereocenters. The van der Waals surface area contributed by atoms with Gasteiger partial charge in [-0.05, 0) is 60.2 Å². The van der Waals surface area contributed by atoms with Crippen molar-refractivity contribution in [2.45, 2.75) is 0 Å². The molecule has 0 aliphatic heterocycles. The molecule has 5 heteroatoms. The lowest BCUT2D eigenvalue weighted by molar-refractivity contribution is 0.568. The van der Waals surface area contributed by atoms with E-state index in [0.29, 0.717) is 0 Å². The van der Waals surface area contributed by atoms with Crippen molar-refractivity contribution in [2.75, 3.05) is 0 Å². The number of imidazole rings is 1. The Morgan fingerprint density at radius 3 is 2.38 bits per heavy atom. The zero-order valence-electron chi connectivity index (χ0n) is 21.8. The topological polar surface area (TPSA) is 48.8 Å². The molecule has 0 aliphatic rings. The van der Waals surface area contributed by atoms with E-state index in [1.54, 1.807) is 12.5 Å². The van der Waals surface area contributed by atoms with Gasteiger partial charge in [0.2, 0.25) is 0 Å². The molecule has 0 unspecified atom stereocenters. The van der Waals surface area contributed by atoms with Crippen molar-refractivity contribution >= 4 is 32.8 Å². The van der Waals surface area contributed by atoms with Crippen molar-refractivity contribution in [1.82, 2.24) is 19.1 Å². The molecule has 4 aromatic carbocycles. The van der Waals surface area contributed by atoms with Crippen LogP contribution in [-0.2, 0) is 7.05 Å². The summed E-state index contributed by atoms with van der Waals surface area (Å²) in [6.45, 7) is 0. The van der Waals surface area contributed by atoms with Gasteiger partial charge in [-0.2, -0.15) is 0 Å². The van der Waals surface area contributed by atoms with Crippen molar-refractivity contribution in [3.63, 3.8) is 0 Å². The number of pyridine rings is 1. The number of aryl methyl sites for hydroxylation is 1. The molecular weight excluding hydrogens is 492 g/mol. The molecule has 40 heavy (non-hydrogen) atoms. The van der Waals surface area contributed by atoms with Gasteiger partial charge in [0.25, 0.3) is 0 Å². The van der Waals surface area contributed by atoms with Crippen LogP contribution in [0.25, 0.3) is 72.3 Å². The zero-order valence-corrected chi connectivity index (χ0v) is 21.8. The molecule has 0 saturated carbocycles. The minimum Gasteiger partial charge on any atom is -0.472 e. The standard InChI is InChI=1S/C35H24N4O/c1-38-33-15-13-23(26-16-18-40-22-26)20-31(33)37-35(38)25-12-14-29-28-9-2-3-11-32(28)39(34(29)21-25)27-8-6-7-24(19-27)30-10-4-5-17-36-30/h2-22H,1H3. The van der Waals surface area contributed by atoms with Gasteiger partial charge in [0, 0.05) is 46.4 Å². The van der Waals surface area contributed by atoms with Crippen molar-refractivity contribution < 1.29 is 4.42 Å². The predicted molar refractivity (Wildman–Crippen MR) is 161 cm³/mol. The van der Waals surface area contributed by atoms with E-state index in [-0.39, 0.29) is 0 Å². The number of aromatic nitrogens is 4. The normalized spacial score (nSPS) is 11.6. The van der Waals surface area contributed by atoms with E-state index in [1.165, 1.54) is 16.3 Å². The highest BCUT2D eigenvalue weighted by Crippen LogP contribution is 2.36. The molecule has 4 aromatic heterocycles. The minimum atomic E-state index is 0.931. The van der Waals surface area contributed by atoms with Gasteiger partial charge in [-0.25, -0.2) is 4.98 Å². The van der Waals surface area contributed by atoms with Gasteiger partial charge in [0.1, 0.15) is 5.82 Å². The molecule has 5 nitrogen and oxygen atoms in total. The SMILES string of the molecule is Cn1c(-c2ccc3c4ccccc4n(-c4cccc(-c5ccccn5)c4)c3c2)nc2cc(-c3ccoc3)ccc21. The third-order valence-corrected chi connectivity index (χ3v) is 7.73. The molecule has 0 aliphatic carbocycles. The highest BCUT2D eigenvalue weighted by Gasteiger charge is 2.17. The van der Waals surface area contributed by atoms with Crippen LogP contribution in [0, 0.1) is 0 Å². The van der Waals surface area contributed by atoms with Gasteiger partial charge >= 0.3 is 0 Å². The van der Waals surface area contributed by atoms with Crippen LogP contribution in [0.3, 0.4) is 0 Å². The second-order valence-corrected chi connectivity index (χ2v) is 10.1.